The van der Waals surface area contributed by atoms with Gasteiger partial charge in [0.25, 0.3) is 0 Å². The number of hydrogen-bond acceptors (Lipinski definition) is 2. The fourth-order valence-corrected chi connectivity index (χ4v) is 7.00. The molecule has 8 rings (SSSR count). The quantitative estimate of drug-likeness (QED) is 0.223. The molecule has 0 atom stereocenters. The Morgan fingerprint density at radius 3 is 2.42 bits per heavy atom. The summed E-state index contributed by atoms with van der Waals surface area (Å²) in [6.45, 7) is 4.68. The highest BCUT2D eigenvalue weighted by molar-refractivity contribution is 6.31. The number of halogens is 1. The largest absolute Gasteiger partial charge is 0.456 e. The van der Waals surface area contributed by atoms with Gasteiger partial charge in [-0.1, -0.05) is 86.1 Å². The number of aryl methyl sites for hydroxylation is 1. The van der Waals surface area contributed by atoms with Crippen LogP contribution < -0.4 is 4.90 Å². The summed E-state index contributed by atoms with van der Waals surface area (Å²) in [4.78, 5) is 2.41. The standard InChI is InChI=1S/C37H28ClNO/c1-37(2)32-15-9-8-12-26(32)27-18-17-25(21-33(27)37)39(24-10-4-3-5-11-24)34-22-31-30-20-23(38)16-19-35(30)40-36(31)29-14-7-6-13-28(29)34/h3-6,8-13,15-22H,7,14H2,1-2H3. The molecule has 0 unspecified atom stereocenters. The molecule has 0 amide bonds. The van der Waals surface area contributed by atoms with Gasteiger partial charge >= 0.3 is 0 Å². The maximum Gasteiger partial charge on any atom is 0.139 e. The minimum absolute atomic E-state index is 0.0783. The van der Waals surface area contributed by atoms with Gasteiger partial charge in [0, 0.05) is 43.7 Å². The van der Waals surface area contributed by atoms with E-state index >= 15 is 0 Å². The second-order valence-corrected chi connectivity index (χ2v) is 11.9. The van der Waals surface area contributed by atoms with Crippen LogP contribution in [0.25, 0.3) is 39.1 Å². The second kappa shape index (κ2) is 8.61. The zero-order valence-corrected chi connectivity index (χ0v) is 23.3. The van der Waals surface area contributed by atoms with E-state index in [9.17, 15) is 0 Å². The van der Waals surface area contributed by atoms with Crippen molar-refractivity contribution in [2.75, 3.05) is 4.90 Å². The van der Waals surface area contributed by atoms with Gasteiger partial charge in [-0.3, -0.25) is 0 Å². The van der Waals surface area contributed by atoms with Crippen LogP contribution in [0.5, 0.6) is 0 Å². The maximum absolute atomic E-state index is 6.47. The molecule has 0 fully saturated rings. The van der Waals surface area contributed by atoms with Crippen molar-refractivity contribution in [3.8, 4) is 11.1 Å². The van der Waals surface area contributed by atoms with Crippen molar-refractivity contribution < 1.29 is 4.42 Å². The molecule has 0 saturated carbocycles. The lowest BCUT2D eigenvalue weighted by Gasteiger charge is -2.30. The number of hydrogen-bond donors (Lipinski definition) is 0. The molecule has 5 aromatic carbocycles. The minimum atomic E-state index is -0.0783. The molecule has 0 spiro atoms. The lowest BCUT2D eigenvalue weighted by Crippen LogP contribution is -2.17. The van der Waals surface area contributed by atoms with Crippen LogP contribution in [-0.4, -0.2) is 0 Å². The Morgan fingerprint density at radius 1 is 0.750 bits per heavy atom. The first-order valence-electron chi connectivity index (χ1n) is 13.9. The van der Waals surface area contributed by atoms with Crippen molar-refractivity contribution >= 4 is 56.7 Å². The molecule has 194 valence electrons. The van der Waals surface area contributed by atoms with Crippen LogP contribution in [0.15, 0.2) is 108 Å². The van der Waals surface area contributed by atoms with Gasteiger partial charge in [-0.15, -0.1) is 0 Å². The van der Waals surface area contributed by atoms with E-state index in [-0.39, 0.29) is 5.41 Å². The fraction of sp³-hybridized carbons (Fsp3) is 0.135. The normalized spacial score (nSPS) is 14.8. The second-order valence-electron chi connectivity index (χ2n) is 11.4. The van der Waals surface area contributed by atoms with E-state index in [2.05, 4.69) is 110 Å². The number of fused-ring (bicyclic) bond motifs is 8. The highest BCUT2D eigenvalue weighted by Crippen LogP contribution is 2.51. The number of allylic oxidation sites excluding steroid dienone is 1. The van der Waals surface area contributed by atoms with E-state index in [4.69, 9.17) is 16.0 Å². The number of rotatable bonds is 3. The van der Waals surface area contributed by atoms with Gasteiger partial charge in [-0.05, 0) is 83.6 Å². The van der Waals surface area contributed by atoms with Gasteiger partial charge in [0.05, 0.1) is 5.69 Å². The average Bonchev–Trinajstić information content (AvgIpc) is 3.46. The summed E-state index contributed by atoms with van der Waals surface area (Å²) in [7, 11) is 0. The molecule has 0 bridgehead atoms. The molecule has 2 nitrogen and oxygen atoms in total. The van der Waals surface area contributed by atoms with Crippen LogP contribution in [0, 0.1) is 0 Å². The molecule has 6 aromatic rings. The minimum Gasteiger partial charge on any atom is -0.456 e. The molecule has 1 aromatic heterocycles. The Kier molecular flexibility index (Phi) is 5.08. The molecular weight excluding hydrogens is 510 g/mol. The van der Waals surface area contributed by atoms with E-state index in [1.165, 1.54) is 33.4 Å². The van der Waals surface area contributed by atoms with Crippen molar-refractivity contribution in [1.29, 1.82) is 0 Å². The van der Waals surface area contributed by atoms with Gasteiger partial charge in [-0.25, -0.2) is 0 Å². The summed E-state index contributed by atoms with van der Waals surface area (Å²) >= 11 is 6.47. The van der Waals surface area contributed by atoms with Crippen LogP contribution in [0.3, 0.4) is 0 Å². The first kappa shape index (κ1) is 23.6. The lowest BCUT2D eigenvalue weighted by molar-refractivity contribution is 0.660. The van der Waals surface area contributed by atoms with Crippen LogP contribution in [-0.2, 0) is 11.8 Å². The summed E-state index contributed by atoms with van der Waals surface area (Å²) < 4.78 is 6.46. The fourth-order valence-electron chi connectivity index (χ4n) is 6.83. The Labute approximate surface area is 239 Å². The monoisotopic (exact) mass is 537 g/mol. The van der Waals surface area contributed by atoms with Crippen molar-refractivity contribution in [3.05, 3.63) is 130 Å². The lowest BCUT2D eigenvalue weighted by atomic mass is 9.82. The van der Waals surface area contributed by atoms with E-state index in [0.29, 0.717) is 0 Å². The molecule has 0 aliphatic heterocycles. The Hall–Kier alpha value is -4.27. The van der Waals surface area contributed by atoms with Crippen LogP contribution in [0.2, 0.25) is 5.02 Å². The molecule has 0 N–H and O–H groups in total. The van der Waals surface area contributed by atoms with Crippen molar-refractivity contribution in [1.82, 2.24) is 0 Å². The number of para-hydroxylation sites is 1. The highest BCUT2D eigenvalue weighted by atomic mass is 35.5. The van der Waals surface area contributed by atoms with Gasteiger partial charge in [0.15, 0.2) is 0 Å². The molecule has 3 heteroatoms. The summed E-state index contributed by atoms with van der Waals surface area (Å²) in [5, 5.41) is 2.88. The third-order valence-electron chi connectivity index (χ3n) is 8.77. The Bertz CT molecular complexity index is 2000. The van der Waals surface area contributed by atoms with Crippen molar-refractivity contribution in [3.63, 3.8) is 0 Å². The zero-order chi connectivity index (χ0) is 27.0. The number of furan rings is 1. The summed E-state index contributed by atoms with van der Waals surface area (Å²) in [5.74, 6) is 0. The van der Waals surface area contributed by atoms with Crippen molar-refractivity contribution in [2.45, 2.75) is 32.1 Å². The first-order chi connectivity index (χ1) is 19.5. The number of benzene rings is 5. The Balaban J connectivity index is 1.42. The van der Waals surface area contributed by atoms with E-state index in [0.717, 1.165) is 56.9 Å². The van der Waals surface area contributed by atoms with Gasteiger partial charge in [0.2, 0.25) is 0 Å². The molecule has 2 aliphatic rings. The number of nitrogens with zero attached hydrogens (tertiary/aromatic N) is 1. The maximum atomic E-state index is 6.47. The SMILES string of the molecule is CC1(C)c2ccccc2-c2ccc(N(c3ccccc3)c3cc4c(oc5ccc(Cl)cc54)c4c3C=CCC4)cc21. The summed E-state index contributed by atoms with van der Waals surface area (Å²) in [6.07, 6.45) is 6.50. The third-order valence-corrected chi connectivity index (χ3v) is 9.01. The van der Waals surface area contributed by atoms with Crippen LogP contribution >= 0.6 is 11.6 Å². The van der Waals surface area contributed by atoms with Crippen LogP contribution in [0.4, 0.5) is 17.1 Å². The molecule has 0 saturated heterocycles. The molecule has 2 aliphatic carbocycles. The van der Waals surface area contributed by atoms with E-state index in [1.807, 2.05) is 18.2 Å². The predicted octanol–water partition coefficient (Wildman–Crippen LogP) is 11.0. The van der Waals surface area contributed by atoms with E-state index < -0.39 is 0 Å². The number of anilines is 3. The van der Waals surface area contributed by atoms with Gasteiger partial charge < -0.3 is 9.32 Å². The Morgan fingerprint density at radius 2 is 1.55 bits per heavy atom. The average molecular weight is 538 g/mol. The summed E-state index contributed by atoms with van der Waals surface area (Å²) in [5.41, 5.74) is 13.1. The predicted molar refractivity (Wildman–Crippen MR) is 168 cm³/mol. The summed E-state index contributed by atoms with van der Waals surface area (Å²) in [6, 6.07) is 34.7. The van der Waals surface area contributed by atoms with E-state index in [1.54, 1.807) is 0 Å². The van der Waals surface area contributed by atoms with Crippen molar-refractivity contribution in [2.24, 2.45) is 0 Å². The zero-order valence-electron chi connectivity index (χ0n) is 22.5. The molecule has 1 heterocycles. The van der Waals surface area contributed by atoms with Gasteiger partial charge in [0.1, 0.15) is 11.2 Å². The topological polar surface area (TPSA) is 16.4 Å². The molecular formula is C37H28ClNO. The first-order valence-corrected chi connectivity index (χ1v) is 14.3. The third kappa shape index (κ3) is 3.36. The highest BCUT2D eigenvalue weighted by Gasteiger charge is 2.36. The van der Waals surface area contributed by atoms with Crippen LogP contribution in [0.1, 0.15) is 42.5 Å². The molecule has 40 heavy (non-hydrogen) atoms. The van der Waals surface area contributed by atoms with Gasteiger partial charge in [-0.2, -0.15) is 0 Å². The molecule has 0 radical (unpaired) electrons. The smallest absolute Gasteiger partial charge is 0.139 e.